The maximum absolute atomic E-state index is 14.0. The summed E-state index contributed by atoms with van der Waals surface area (Å²) in [6, 6.07) is 9.33. The van der Waals surface area contributed by atoms with Crippen LogP contribution in [0.3, 0.4) is 0 Å². The number of methoxy groups -OCH3 is 2. The Labute approximate surface area is 215 Å². The number of halogens is 1. The predicted molar refractivity (Wildman–Crippen MR) is 137 cm³/mol. The van der Waals surface area contributed by atoms with Crippen molar-refractivity contribution in [3.05, 3.63) is 54.1 Å². The van der Waals surface area contributed by atoms with Crippen LogP contribution in [0.1, 0.15) is 0 Å². The summed E-state index contributed by atoms with van der Waals surface area (Å²) in [7, 11) is 0.852. The lowest BCUT2D eigenvalue weighted by molar-refractivity contribution is 0.154. The van der Waals surface area contributed by atoms with Gasteiger partial charge in [-0.1, -0.05) is 34.9 Å². The highest BCUT2D eigenvalue weighted by atomic mass is 35.5. The Balaban J connectivity index is 1.90. The highest BCUT2D eigenvalue weighted by Gasteiger charge is 2.35. The number of benzene rings is 2. The lowest BCUT2D eigenvalue weighted by atomic mass is 10.1. The highest BCUT2D eigenvalue weighted by Crippen LogP contribution is 2.41. The second kappa shape index (κ2) is 10.5. The van der Waals surface area contributed by atoms with E-state index in [-0.39, 0.29) is 27.8 Å². The average molecular weight is 534 g/mol. The van der Waals surface area contributed by atoms with Crippen LogP contribution in [0.5, 0.6) is 17.5 Å². The van der Waals surface area contributed by atoms with Gasteiger partial charge in [0.05, 0.1) is 30.5 Å². The molecule has 36 heavy (non-hydrogen) atoms. The first-order valence-electron chi connectivity index (χ1n) is 11.2. The number of nitrogens with zero attached hydrogens (tertiary/aromatic N) is 5. The largest absolute Gasteiger partial charge is 0.496 e. The fourth-order valence-corrected chi connectivity index (χ4v) is 6.29. The monoisotopic (exact) mass is 533 g/mol. The van der Waals surface area contributed by atoms with Crippen molar-refractivity contribution in [1.29, 1.82) is 0 Å². The van der Waals surface area contributed by atoms with Crippen molar-refractivity contribution in [3.63, 3.8) is 0 Å². The van der Waals surface area contributed by atoms with Gasteiger partial charge < -0.3 is 19.5 Å². The van der Waals surface area contributed by atoms with E-state index in [4.69, 9.17) is 21.1 Å². The third kappa shape index (κ3) is 4.66. The molecule has 1 aromatic heterocycles. The van der Waals surface area contributed by atoms with E-state index in [0.29, 0.717) is 23.8 Å². The van der Waals surface area contributed by atoms with E-state index >= 15 is 0 Å². The summed E-state index contributed by atoms with van der Waals surface area (Å²) in [5, 5.41) is 17.8. The molecule has 12 heteroatoms. The molecule has 0 aliphatic carbocycles. The van der Waals surface area contributed by atoms with Crippen LogP contribution >= 0.6 is 11.6 Å². The van der Waals surface area contributed by atoms with Gasteiger partial charge in [0.15, 0.2) is 5.82 Å². The van der Waals surface area contributed by atoms with Gasteiger partial charge in [0.25, 0.3) is 0 Å². The summed E-state index contributed by atoms with van der Waals surface area (Å²) < 4.78 is 40.3. The molecule has 3 aromatic rings. The quantitative estimate of drug-likeness (QED) is 0.437. The average Bonchev–Trinajstić information content (AvgIpc) is 3.25. The van der Waals surface area contributed by atoms with Crippen LogP contribution < -0.4 is 9.47 Å². The first-order chi connectivity index (χ1) is 17.2. The number of aromatic hydroxyl groups is 1. The molecule has 0 radical (unpaired) electrons. The minimum absolute atomic E-state index is 0.0576. The summed E-state index contributed by atoms with van der Waals surface area (Å²) in [5.41, 5.74) is 0.700. The minimum atomic E-state index is -3.98. The molecule has 1 saturated heterocycles. The molecule has 2 heterocycles. The smallest absolute Gasteiger partial charge is 0.319 e. The molecule has 10 nitrogen and oxygen atoms in total. The maximum atomic E-state index is 14.0. The third-order valence-corrected chi connectivity index (χ3v) is 8.57. The number of ether oxygens (including phenoxy) is 2. The van der Waals surface area contributed by atoms with Crippen LogP contribution in [0.15, 0.2) is 53.9 Å². The zero-order valence-electron chi connectivity index (χ0n) is 20.3. The van der Waals surface area contributed by atoms with Crippen LogP contribution in [0, 0.1) is 0 Å². The first kappa shape index (κ1) is 26.0. The van der Waals surface area contributed by atoms with Crippen molar-refractivity contribution in [2.75, 3.05) is 47.4 Å². The molecule has 1 atom stereocenters. The molecule has 0 spiro atoms. The number of sulfone groups is 1. The van der Waals surface area contributed by atoms with Crippen LogP contribution in [-0.4, -0.2) is 90.9 Å². The molecule has 0 amide bonds. The Morgan fingerprint density at radius 3 is 2.36 bits per heavy atom. The minimum Gasteiger partial charge on any atom is -0.496 e. The Bertz CT molecular complexity index is 1370. The summed E-state index contributed by atoms with van der Waals surface area (Å²) >= 11 is 6.37. The Kier molecular flexibility index (Phi) is 7.55. The van der Waals surface area contributed by atoms with E-state index < -0.39 is 21.2 Å². The zero-order chi connectivity index (χ0) is 26.0. The van der Waals surface area contributed by atoms with Crippen molar-refractivity contribution >= 4 is 21.4 Å². The number of aromatic nitrogens is 3. The van der Waals surface area contributed by atoms with E-state index in [1.807, 2.05) is 11.9 Å². The van der Waals surface area contributed by atoms with Gasteiger partial charge >= 0.3 is 6.01 Å². The van der Waals surface area contributed by atoms with E-state index in [2.05, 4.69) is 21.7 Å². The predicted octanol–water partition coefficient (Wildman–Crippen LogP) is 2.84. The van der Waals surface area contributed by atoms with Gasteiger partial charge in [-0.2, -0.15) is 0 Å². The molecule has 1 aliphatic rings. The summed E-state index contributed by atoms with van der Waals surface area (Å²) in [6.07, 6.45) is 1.43. The number of para-hydroxylation sites is 1. The number of hydrogen-bond donors (Lipinski definition) is 1. The first-order valence-corrected chi connectivity index (χ1v) is 13.1. The van der Waals surface area contributed by atoms with Gasteiger partial charge in [-0.3, -0.25) is 4.90 Å². The third-order valence-electron chi connectivity index (χ3n) is 6.19. The number of rotatable bonds is 8. The second-order valence-electron chi connectivity index (χ2n) is 8.32. The normalized spacial score (nSPS) is 16.0. The lowest BCUT2D eigenvalue weighted by Crippen LogP contribution is -2.50. The molecule has 1 unspecified atom stereocenters. The van der Waals surface area contributed by atoms with Crippen molar-refractivity contribution in [1.82, 2.24) is 24.6 Å². The van der Waals surface area contributed by atoms with E-state index in [1.54, 1.807) is 24.3 Å². The molecule has 192 valence electrons. The molecule has 2 aromatic carbocycles. The van der Waals surface area contributed by atoms with Crippen molar-refractivity contribution in [2.24, 2.45) is 0 Å². The molecular formula is C24H28ClN5O5S. The van der Waals surface area contributed by atoms with E-state index in [9.17, 15) is 13.5 Å². The van der Waals surface area contributed by atoms with Gasteiger partial charge in [0.1, 0.15) is 21.8 Å². The Hall–Kier alpha value is -3.12. The number of likely N-dealkylation sites (N-methyl/N-ethyl adjacent to an activating group) is 1. The molecule has 1 fully saturated rings. The van der Waals surface area contributed by atoms with Crippen LogP contribution in [0.25, 0.3) is 17.1 Å². The van der Waals surface area contributed by atoms with Crippen LogP contribution in [0.4, 0.5) is 0 Å². The molecule has 0 bridgehead atoms. The maximum Gasteiger partial charge on any atom is 0.319 e. The highest BCUT2D eigenvalue weighted by molar-refractivity contribution is 7.92. The fraction of sp³-hybridized carbons (Fsp3) is 0.333. The summed E-state index contributed by atoms with van der Waals surface area (Å²) in [6.45, 7) is 6.44. The Morgan fingerprint density at radius 2 is 1.75 bits per heavy atom. The van der Waals surface area contributed by atoms with Gasteiger partial charge in [-0.05, 0) is 25.2 Å². The van der Waals surface area contributed by atoms with Gasteiger partial charge in [-0.25, -0.2) is 13.0 Å². The topological polar surface area (TPSA) is 110 Å². The zero-order valence-corrected chi connectivity index (χ0v) is 21.8. The summed E-state index contributed by atoms with van der Waals surface area (Å²) in [5.74, 6) is 0.539. The van der Waals surface area contributed by atoms with E-state index in [1.165, 1.54) is 37.0 Å². The second-order valence-corrected chi connectivity index (χ2v) is 10.7. The summed E-state index contributed by atoms with van der Waals surface area (Å²) in [4.78, 5) is 3.96. The van der Waals surface area contributed by atoms with Crippen molar-refractivity contribution < 1.29 is 23.0 Å². The van der Waals surface area contributed by atoms with Crippen LogP contribution in [0.2, 0.25) is 5.02 Å². The molecule has 4 rings (SSSR count). The molecular weight excluding hydrogens is 506 g/mol. The van der Waals surface area contributed by atoms with Crippen LogP contribution in [-0.2, 0) is 9.84 Å². The molecule has 1 aliphatic heterocycles. The fourth-order valence-electron chi connectivity index (χ4n) is 4.25. The van der Waals surface area contributed by atoms with E-state index in [0.717, 1.165) is 13.1 Å². The van der Waals surface area contributed by atoms with Crippen molar-refractivity contribution in [3.8, 4) is 34.6 Å². The Morgan fingerprint density at radius 1 is 1.08 bits per heavy atom. The van der Waals surface area contributed by atoms with Gasteiger partial charge in [0, 0.05) is 32.2 Å². The lowest BCUT2D eigenvalue weighted by Gasteiger charge is -2.36. The molecule has 1 N–H and O–H groups in total. The van der Waals surface area contributed by atoms with Crippen molar-refractivity contribution in [2.45, 2.75) is 10.3 Å². The number of piperazine rings is 1. The number of hydrogen-bond acceptors (Lipinski definition) is 9. The standard InChI is InChI=1S/C24H28ClN5O5S/c1-5-22(29-12-10-28(2)11-13-29)36(32,33)21-14-16(19(34-3)15-20(21)35-4)23-26-27-24(31)30(23)18-9-7-6-8-17(18)25/h5-9,14-15,22H,1,10-13H2,2-4H3,(H,27,31). The SMILES string of the molecule is C=CC(N1CCN(C)CC1)S(=O)(=O)c1cc(-c2nnc(O)n2-c2ccccc2Cl)c(OC)cc1OC. The van der Waals surface area contributed by atoms with Gasteiger partial charge in [-0.15, -0.1) is 11.7 Å². The van der Waals surface area contributed by atoms with Gasteiger partial charge in [0.2, 0.25) is 9.84 Å². The molecule has 0 saturated carbocycles.